The first-order chi connectivity index (χ1) is 11.5. The molecule has 1 aliphatic heterocycles. The van der Waals surface area contributed by atoms with Crippen LogP contribution >= 0.6 is 0 Å². The molecule has 0 bridgehead atoms. The average molecular weight is 329 g/mol. The average Bonchev–Trinajstić information content (AvgIpc) is 2.57. The molecule has 0 radical (unpaired) electrons. The monoisotopic (exact) mass is 329 g/mol. The Morgan fingerprint density at radius 1 is 1.17 bits per heavy atom. The van der Waals surface area contributed by atoms with Crippen LogP contribution in [0, 0.1) is 13.8 Å². The van der Waals surface area contributed by atoms with Gasteiger partial charge < -0.3 is 14.8 Å². The van der Waals surface area contributed by atoms with Crippen molar-refractivity contribution >= 4 is 5.69 Å². The Bertz CT molecular complexity index is 847. The first kappa shape index (κ1) is 16.4. The molecular formula is C17H23N5O2. The SMILES string of the molecule is Cc1c[nH]c(Cn2ncc(N3CCN(C)CC3)cc2=O)c(C)c1=O. The number of anilines is 1. The van der Waals surface area contributed by atoms with Gasteiger partial charge in [0.2, 0.25) is 0 Å². The maximum absolute atomic E-state index is 12.4. The van der Waals surface area contributed by atoms with E-state index < -0.39 is 0 Å². The first-order valence-corrected chi connectivity index (χ1v) is 8.14. The number of nitrogens with one attached hydrogen (secondary N) is 1. The zero-order valence-electron chi connectivity index (χ0n) is 14.4. The summed E-state index contributed by atoms with van der Waals surface area (Å²) >= 11 is 0. The number of likely N-dealkylation sites (N-methyl/N-ethyl adjacent to an activating group) is 1. The summed E-state index contributed by atoms with van der Waals surface area (Å²) in [6.07, 6.45) is 3.41. The number of aromatic amines is 1. The van der Waals surface area contributed by atoms with Gasteiger partial charge in [0.1, 0.15) is 0 Å². The molecule has 0 saturated carbocycles. The van der Waals surface area contributed by atoms with Crippen LogP contribution in [0.3, 0.4) is 0 Å². The Hall–Kier alpha value is -2.41. The Morgan fingerprint density at radius 2 is 1.88 bits per heavy atom. The summed E-state index contributed by atoms with van der Waals surface area (Å²) in [5, 5.41) is 4.29. The van der Waals surface area contributed by atoms with Crippen LogP contribution in [-0.4, -0.2) is 52.9 Å². The summed E-state index contributed by atoms with van der Waals surface area (Å²) < 4.78 is 1.38. The van der Waals surface area contributed by atoms with Gasteiger partial charge in [-0.3, -0.25) is 9.59 Å². The van der Waals surface area contributed by atoms with E-state index in [1.165, 1.54) is 4.68 Å². The zero-order chi connectivity index (χ0) is 17.3. The molecule has 1 N–H and O–H groups in total. The van der Waals surface area contributed by atoms with Crippen LogP contribution in [0.4, 0.5) is 5.69 Å². The maximum atomic E-state index is 12.4. The maximum Gasteiger partial charge on any atom is 0.269 e. The molecule has 0 aliphatic carbocycles. The predicted octanol–water partition coefficient (Wildman–Crippen LogP) is 0.349. The predicted molar refractivity (Wildman–Crippen MR) is 93.8 cm³/mol. The van der Waals surface area contributed by atoms with E-state index in [0.29, 0.717) is 16.8 Å². The number of aryl methyl sites for hydroxylation is 1. The smallest absolute Gasteiger partial charge is 0.269 e. The summed E-state index contributed by atoms with van der Waals surface area (Å²) in [4.78, 5) is 31.9. The van der Waals surface area contributed by atoms with E-state index in [0.717, 1.165) is 31.9 Å². The number of hydrogen-bond donors (Lipinski definition) is 1. The van der Waals surface area contributed by atoms with Gasteiger partial charge >= 0.3 is 0 Å². The van der Waals surface area contributed by atoms with Crippen LogP contribution < -0.4 is 15.9 Å². The van der Waals surface area contributed by atoms with Crippen molar-refractivity contribution in [3.63, 3.8) is 0 Å². The molecule has 0 spiro atoms. The Morgan fingerprint density at radius 3 is 2.54 bits per heavy atom. The number of rotatable bonds is 3. The highest BCUT2D eigenvalue weighted by Crippen LogP contribution is 2.12. The van der Waals surface area contributed by atoms with E-state index in [4.69, 9.17) is 0 Å². The minimum Gasteiger partial charge on any atom is -0.368 e. The van der Waals surface area contributed by atoms with E-state index in [1.807, 2.05) is 0 Å². The van der Waals surface area contributed by atoms with Gasteiger partial charge in [0.25, 0.3) is 5.56 Å². The molecular weight excluding hydrogens is 306 g/mol. The molecule has 2 aromatic heterocycles. The molecule has 1 saturated heterocycles. The van der Waals surface area contributed by atoms with Crippen molar-refractivity contribution < 1.29 is 0 Å². The number of aromatic nitrogens is 3. The molecule has 1 aliphatic rings. The molecule has 7 heteroatoms. The molecule has 7 nitrogen and oxygen atoms in total. The van der Waals surface area contributed by atoms with Crippen molar-refractivity contribution in [1.82, 2.24) is 19.7 Å². The van der Waals surface area contributed by atoms with Gasteiger partial charge in [-0.1, -0.05) is 0 Å². The number of H-pyrrole nitrogens is 1. The molecule has 0 amide bonds. The third kappa shape index (κ3) is 3.26. The zero-order valence-corrected chi connectivity index (χ0v) is 14.4. The lowest BCUT2D eigenvalue weighted by Gasteiger charge is -2.33. The van der Waals surface area contributed by atoms with Crippen molar-refractivity contribution in [3.05, 3.63) is 55.9 Å². The fourth-order valence-corrected chi connectivity index (χ4v) is 2.90. The molecule has 0 aromatic carbocycles. The van der Waals surface area contributed by atoms with Gasteiger partial charge in [-0.25, -0.2) is 4.68 Å². The van der Waals surface area contributed by atoms with E-state index >= 15 is 0 Å². The summed E-state index contributed by atoms with van der Waals surface area (Å²) in [7, 11) is 2.10. The largest absolute Gasteiger partial charge is 0.368 e. The molecule has 1 fully saturated rings. The number of piperazine rings is 1. The second kappa shape index (κ2) is 6.60. The summed E-state index contributed by atoms with van der Waals surface area (Å²) in [6.45, 7) is 7.55. The van der Waals surface area contributed by atoms with Crippen molar-refractivity contribution in [2.45, 2.75) is 20.4 Å². The quantitative estimate of drug-likeness (QED) is 0.879. The van der Waals surface area contributed by atoms with Gasteiger partial charge in [-0.15, -0.1) is 0 Å². The van der Waals surface area contributed by atoms with E-state index in [2.05, 4.69) is 26.9 Å². The standard InChI is InChI=1S/C17H23N5O2/c1-12-9-18-15(13(2)17(12)24)11-22-16(23)8-14(10-19-22)21-6-4-20(3)5-7-21/h8-10H,4-7,11H2,1-3H3,(H,18,24). The van der Waals surface area contributed by atoms with Gasteiger partial charge in [-0.2, -0.15) is 5.10 Å². The Kier molecular flexibility index (Phi) is 4.53. The van der Waals surface area contributed by atoms with Crippen molar-refractivity contribution in [1.29, 1.82) is 0 Å². The normalized spacial score (nSPS) is 15.7. The summed E-state index contributed by atoms with van der Waals surface area (Å²) in [5.41, 5.74) is 2.72. The molecule has 2 aromatic rings. The van der Waals surface area contributed by atoms with Crippen LogP contribution in [0.5, 0.6) is 0 Å². The third-order valence-electron chi connectivity index (χ3n) is 4.65. The molecule has 3 rings (SSSR count). The second-order valence-electron chi connectivity index (χ2n) is 6.40. The summed E-state index contributed by atoms with van der Waals surface area (Å²) in [5.74, 6) is 0. The summed E-state index contributed by atoms with van der Waals surface area (Å²) in [6, 6.07) is 1.62. The number of nitrogens with zero attached hydrogens (tertiary/aromatic N) is 4. The molecule has 24 heavy (non-hydrogen) atoms. The second-order valence-corrected chi connectivity index (χ2v) is 6.40. The minimum atomic E-state index is -0.160. The first-order valence-electron chi connectivity index (χ1n) is 8.14. The van der Waals surface area contributed by atoms with Gasteiger partial charge in [-0.05, 0) is 20.9 Å². The van der Waals surface area contributed by atoms with Crippen LogP contribution in [0.15, 0.2) is 28.0 Å². The minimum absolute atomic E-state index is 0.00542. The van der Waals surface area contributed by atoms with Crippen LogP contribution in [0.25, 0.3) is 0 Å². The van der Waals surface area contributed by atoms with E-state index in [-0.39, 0.29) is 17.5 Å². The highest BCUT2D eigenvalue weighted by Gasteiger charge is 2.15. The van der Waals surface area contributed by atoms with E-state index in [1.54, 1.807) is 32.3 Å². The molecule has 3 heterocycles. The third-order valence-corrected chi connectivity index (χ3v) is 4.65. The van der Waals surface area contributed by atoms with E-state index in [9.17, 15) is 9.59 Å². The highest BCUT2D eigenvalue weighted by molar-refractivity contribution is 5.43. The Labute approximate surface area is 140 Å². The lowest BCUT2D eigenvalue weighted by molar-refractivity contribution is 0.312. The van der Waals surface area contributed by atoms with Crippen LogP contribution in [0.2, 0.25) is 0 Å². The molecule has 0 atom stereocenters. The molecule has 0 unspecified atom stereocenters. The fraction of sp³-hybridized carbons (Fsp3) is 0.471. The topological polar surface area (TPSA) is 74.2 Å². The van der Waals surface area contributed by atoms with Gasteiger partial charge in [0.05, 0.1) is 18.4 Å². The van der Waals surface area contributed by atoms with Crippen molar-refractivity contribution in [2.75, 3.05) is 38.1 Å². The van der Waals surface area contributed by atoms with Gasteiger partial charge in [0, 0.05) is 55.3 Å². The van der Waals surface area contributed by atoms with Crippen LogP contribution in [0.1, 0.15) is 16.8 Å². The number of hydrogen-bond acceptors (Lipinski definition) is 5. The fourth-order valence-electron chi connectivity index (χ4n) is 2.90. The van der Waals surface area contributed by atoms with Crippen molar-refractivity contribution in [3.8, 4) is 0 Å². The lowest BCUT2D eigenvalue weighted by atomic mass is 10.1. The lowest BCUT2D eigenvalue weighted by Crippen LogP contribution is -2.45. The van der Waals surface area contributed by atoms with Gasteiger partial charge in [0.15, 0.2) is 5.43 Å². The number of pyridine rings is 1. The van der Waals surface area contributed by atoms with Crippen molar-refractivity contribution in [2.24, 2.45) is 0 Å². The Balaban J connectivity index is 1.82. The molecule has 128 valence electrons. The van der Waals surface area contributed by atoms with Crippen LogP contribution in [-0.2, 0) is 6.54 Å². The highest BCUT2D eigenvalue weighted by atomic mass is 16.1.